The smallest absolute Gasteiger partial charge is 0.224 e. The van der Waals surface area contributed by atoms with E-state index in [-0.39, 0.29) is 5.82 Å². The molecule has 2 N–H and O–H groups in total. The van der Waals surface area contributed by atoms with Crippen molar-refractivity contribution >= 4 is 29.1 Å². The molecule has 0 saturated heterocycles. The molecule has 0 saturated carbocycles. The van der Waals surface area contributed by atoms with Gasteiger partial charge in [-0.3, -0.25) is 0 Å². The predicted octanol–water partition coefficient (Wildman–Crippen LogP) is 4.68. The maximum atomic E-state index is 12.9. The van der Waals surface area contributed by atoms with E-state index < -0.39 is 0 Å². The Bertz CT molecular complexity index is 874. The van der Waals surface area contributed by atoms with Crippen molar-refractivity contribution in [3.05, 3.63) is 71.1 Å². The van der Waals surface area contributed by atoms with E-state index in [1.165, 1.54) is 12.1 Å². The lowest BCUT2D eigenvalue weighted by atomic mass is 10.1. The molecule has 0 amide bonds. The molecule has 7 heteroatoms. The average molecular weight is 373 g/mol. The zero-order valence-corrected chi connectivity index (χ0v) is 14.9. The fourth-order valence-corrected chi connectivity index (χ4v) is 2.57. The summed E-state index contributed by atoms with van der Waals surface area (Å²) in [4.78, 5) is 8.63. The molecule has 0 unspecified atom stereocenters. The Morgan fingerprint density at radius 2 is 1.92 bits per heavy atom. The SMILES string of the molecule is COc1ccc(Cl)cc1Nc1ccnc(NCCc2ccc(F)cc2)n1. The average Bonchev–Trinajstić information content (AvgIpc) is 2.64. The van der Waals surface area contributed by atoms with Crippen LogP contribution in [0.3, 0.4) is 0 Å². The van der Waals surface area contributed by atoms with Crippen molar-refractivity contribution in [3.63, 3.8) is 0 Å². The predicted molar refractivity (Wildman–Crippen MR) is 102 cm³/mol. The van der Waals surface area contributed by atoms with E-state index >= 15 is 0 Å². The molecule has 5 nitrogen and oxygen atoms in total. The molecule has 26 heavy (non-hydrogen) atoms. The molecule has 1 heterocycles. The summed E-state index contributed by atoms with van der Waals surface area (Å²) >= 11 is 6.04. The van der Waals surface area contributed by atoms with Crippen molar-refractivity contribution in [3.8, 4) is 5.75 Å². The Kier molecular flexibility index (Phi) is 5.86. The molecule has 134 valence electrons. The largest absolute Gasteiger partial charge is 0.495 e. The van der Waals surface area contributed by atoms with E-state index in [0.29, 0.717) is 29.1 Å². The van der Waals surface area contributed by atoms with Gasteiger partial charge in [-0.25, -0.2) is 9.37 Å². The molecule has 2 aromatic carbocycles. The van der Waals surface area contributed by atoms with Crippen molar-refractivity contribution in [2.45, 2.75) is 6.42 Å². The summed E-state index contributed by atoms with van der Waals surface area (Å²) < 4.78 is 18.2. The first-order valence-corrected chi connectivity index (χ1v) is 8.44. The highest BCUT2D eigenvalue weighted by atomic mass is 35.5. The van der Waals surface area contributed by atoms with Gasteiger partial charge in [0.2, 0.25) is 5.95 Å². The van der Waals surface area contributed by atoms with Crippen LogP contribution in [0.15, 0.2) is 54.7 Å². The molecular weight excluding hydrogens is 355 g/mol. The summed E-state index contributed by atoms with van der Waals surface area (Å²) in [6, 6.07) is 13.5. The van der Waals surface area contributed by atoms with Gasteiger partial charge in [0.25, 0.3) is 0 Å². The number of nitrogens with one attached hydrogen (secondary N) is 2. The van der Waals surface area contributed by atoms with E-state index in [0.717, 1.165) is 17.7 Å². The van der Waals surface area contributed by atoms with Crippen molar-refractivity contribution in [1.29, 1.82) is 0 Å². The van der Waals surface area contributed by atoms with Crippen LogP contribution in [0.1, 0.15) is 5.56 Å². The fourth-order valence-electron chi connectivity index (χ4n) is 2.40. The summed E-state index contributed by atoms with van der Waals surface area (Å²) in [5, 5.41) is 6.93. The molecule has 0 atom stereocenters. The van der Waals surface area contributed by atoms with Gasteiger partial charge in [-0.05, 0) is 48.4 Å². The minimum Gasteiger partial charge on any atom is -0.495 e. The minimum absolute atomic E-state index is 0.236. The normalized spacial score (nSPS) is 10.4. The summed E-state index contributed by atoms with van der Waals surface area (Å²) in [5.74, 6) is 1.54. The van der Waals surface area contributed by atoms with Crippen molar-refractivity contribution in [2.24, 2.45) is 0 Å². The first-order valence-electron chi connectivity index (χ1n) is 8.06. The number of halogens is 2. The topological polar surface area (TPSA) is 59.1 Å². The number of aromatic nitrogens is 2. The highest BCUT2D eigenvalue weighted by Gasteiger charge is 2.06. The van der Waals surface area contributed by atoms with Crippen LogP contribution in [0.2, 0.25) is 5.02 Å². The third-order valence-electron chi connectivity index (χ3n) is 3.69. The Balaban J connectivity index is 1.63. The second kappa shape index (κ2) is 8.49. The van der Waals surface area contributed by atoms with Crippen LogP contribution in [-0.2, 0) is 6.42 Å². The van der Waals surface area contributed by atoms with Gasteiger partial charge in [-0.1, -0.05) is 23.7 Å². The van der Waals surface area contributed by atoms with E-state index in [9.17, 15) is 4.39 Å². The van der Waals surface area contributed by atoms with E-state index in [1.54, 1.807) is 49.7 Å². The first kappa shape index (κ1) is 17.9. The number of rotatable bonds is 7. The lowest BCUT2D eigenvalue weighted by molar-refractivity contribution is 0.417. The van der Waals surface area contributed by atoms with Gasteiger partial charge in [0.1, 0.15) is 17.4 Å². The second-order valence-corrected chi connectivity index (χ2v) is 5.97. The summed E-state index contributed by atoms with van der Waals surface area (Å²) in [6.07, 6.45) is 2.40. The van der Waals surface area contributed by atoms with Crippen LogP contribution < -0.4 is 15.4 Å². The Labute approximate surface area is 156 Å². The fraction of sp³-hybridized carbons (Fsp3) is 0.158. The van der Waals surface area contributed by atoms with Gasteiger partial charge in [-0.15, -0.1) is 0 Å². The van der Waals surface area contributed by atoms with Crippen LogP contribution in [0.25, 0.3) is 0 Å². The standard InChI is InChI=1S/C19H18ClFN4O/c1-26-17-7-4-14(20)12-16(17)24-18-9-11-23-19(25-18)22-10-8-13-2-5-15(21)6-3-13/h2-7,9,11-12H,8,10H2,1H3,(H2,22,23,24,25). The summed E-state index contributed by atoms with van der Waals surface area (Å²) in [7, 11) is 1.59. The van der Waals surface area contributed by atoms with Crippen LogP contribution in [0, 0.1) is 5.82 Å². The number of hydrogen-bond donors (Lipinski definition) is 2. The lowest BCUT2D eigenvalue weighted by Crippen LogP contribution is -2.08. The Morgan fingerprint density at radius 1 is 1.12 bits per heavy atom. The molecular formula is C19H18ClFN4O. The van der Waals surface area contributed by atoms with E-state index in [1.807, 2.05) is 0 Å². The van der Waals surface area contributed by atoms with Crippen molar-refractivity contribution in [2.75, 3.05) is 24.3 Å². The molecule has 0 spiro atoms. The van der Waals surface area contributed by atoms with Gasteiger partial charge in [0.15, 0.2) is 0 Å². The lowest BCUT2D eigenvalue weighted by Gasteiger charge is -2.12. The quantitative estimate of drug-likeness (QED) is 0.630. The van der Waals surface area contributed by atoms with E-state index in [2.05, 4.69) is 20.6 Å². The zero-order chi connectivity index (χ0) is 18.4. The second-order valence-electron chi connectivity index (χ2n) is 5.54. The monoisotopic (exact) mass is 372 g/mol. The Hall–Kier alpha value is -2.86. The summed E-state index contributed by atoms with van der Waals surface area (Å²) in [5.41, 5.74) is 1.76. The minimum atomic E-state index is -0.236. The highest BCUT2D eigenvalue weighted by molar-refractivity contribution is 6.31. The van der Waals surface area contributed by atoms with Crippen LogP contribution >= 0.6 is 11.6 Å². The maximum Gasteiger partial charge on any atom is 0.224 e. The molecule has 0 fully saturated rings. The molecule has 0 aliphatic carbocycles. The molecule has 0 bridgehead atoms. The number of methoxy groups -OCH3 is 1. The van der Waals surface area contributed by atoms with Crippen LogP contribution in [0.5, 0.6) is 5.75 Å². The zero-order valence-electron chi connectivity index (χ0n) is 14.2. The van der Waals surface area contributed by atoms with Gasteiger partial charge < -0.3 is 15.4 Å². The number of benzene rings is 2. The van der Waals surface area contributed by atoms with Crippen molar-refractivity contribution in [1.82, 2.24) is 9.97 Å². The van der Waals surface area contributed by atoms with Gasteiger partial charge in [-0.2, -0.15) is 4.98 Å². The number of ether oxygens (including phenoxy) is 1. The van der Waals surface area contributed by atoms with Crippen molar-refractivity contribution < 1.29 is 9.13 Å². The van der Waals surface area contributed by atoms with Crippen LogP contribution in [-0.4, -0.2) is 23.6 Å². The highest BCUT2D eigenvalue weighted by Crippen LogP contribution is 2.29. The maximum absolute atomic E-state index is 12.9. The molecule has 0 radical (unpaired) electrons. The van der Waals surface area contributed by atoms with Gasteiger partial charge in [0.05, 0.1) is 12.8 Å². The third kappa shape index (κ3) is 4.83. The number of nitrogens with zero attached hydrogens (tertiary/aromatic N) is 2. The Morgan fingerprint density at radius 3 is 2.69 bits per heavy atom. The number of hydrogen-bond acceptors (Lipinski definition) is 5. The van der Waals surface area contributed by atoms with Gasteiger partial charge >= 0.3 is 0 Å². The first-order chi connectivity index (χ1) is 12.6. The molecule has 0 aliphatic heterocycles. The molecule has 0 aliphatic rings. The van der Waals surface area contributed by atoms with E-state index in [4.69, 9.17) is 16.3 Å². The molecule has 3 aromatic rings. The van der Waals surface area contributed by atoms with Crippen LogP contribution in [0.4, 0.5) is 21.8 Å². The molecule has 1 aromatic heterocycles. The summed E-state index contributed by atoms with van der Waals surface area (Å²) in [6.45, 7) is 0.634. The molecule has 3 rings (SSSR count). The third-order valence-corrected chi connectivity index (χ3v) is 3.92. The number of anilines is 3. The van der Waals surface area contributed by atoms with Gasteiger partial charge in [0, 0.05) is 17.8 Å².